The van der Waals surface area contributed by atoms with Crippen LogP contribution in [0.2, 0.25) is 0 Å². The second-order valence-electron chi connectivity index (χ2n) is 4.61. The van der Waals surface area contributed by atoms with Gasteiger partial charge < -0.3 is 21.5 Å². The Labute approximate surface area is 118 Å². The summed E-state index contributed by atoms with van der Waals surface area (Å²) in [5.74, 6) is -1.37. The SMILES string of the molecule is Cc1cccc(NC(=O)C[C@H](NCCCN)C(=O)O)c1. The highest BCUT2D eigenvalue weighted by atomic mass is 16.4. The Morgan fingerprint density at radius 1 is 1.40 bits per heavy atom. The fraction of sp³-hybridized carbons (Fsp3) is 0.429. The highest BCUT2D eigenvalue weighted by molar-refractivity contribution is 5.94. The van der Waals surface area contributed by atoms with E-state index in [-0.39, 0.29) is 12.3 Å². The summed E-state index contributed by atoms with van der Waals surface area (Å²) < 4.78 is 0. The predicted octanol–water partition coefficient (Wildman–Crippen LogP) is 0.715. The molecule has 0 aromatic heterocycles. The third-order valence-electron chi connectivity index (χ3n) is 2.76. The van der Waals surface area contributed by atoms with Gasteiger partial charge in [0.2, 0.25) is 5.91 Å². The maximum atomic E-state index is 11.8. The van der Waals surface area contributed by atoms with Crippen molar-refractivity contribution in [1.82, 2.24) is 5.32 Å². The van der Waals surface area contributed by atoms with Gasteiger partial charge in [-0.2, -0.15) is 0 Å². The number of carbonyl (C=O) groups is 2. The van der Waals surface area contributed by atoms with Crippen molar-refractivity contribution in [1.29, 1.82) is 0 Å². The van der Waals surface area contributed by atoms with E-state index in [4.69, 9.17) is 10.8 Å². The first-order valence-corrected chi connectivity index (χ1v) is 6.55. The summed E-state index contributed by atoms with van der Waals surface area (Å²) in [6, 6.07) is 6.45. The smallest absolute Gasteiger partial charge is 0.321 e. The Morgan fingerprint density at radius 3 is 2.75 bits per heavy atom. The molecule has 0 saturated carbocycles. The summed E-state index contributed by atoms with van der Waals surface area (Å²) in [5.41, 5.74) is 7.04. The second kappa shape index (κ2) is 8.29. The molecular formula is C14H21N3O3. The molecule has 0 aliphatic heterocycles. The van der Waals surface area contributed by atoms with E-state index in [1.54, 1.807) is 6.07 Å². The topological polar surface area (TPSA) is 104 Å². The minimum atomic E-state index is -1.04. The molecule has 0 unspecified atom stereocenters. The Bertz CT molecular complexity index is 463. The van der Waals surface area contributed by atoms with E-state index < -0.39 is 12.0 Å². The van der Waals surface area contributed by atoms with Crippen molar-refractivity contribution in [3.8, 4) is 0 Å². The van der Waals surface area contributed by atoms with Gasteiger partial charge in [0.15, 0.2) is 0 Å². The summed E-state index contributed by atoms with van der Waals surface area (Å²) in [4.78, 5) is 22.9. The first kappa shape index (κ1) is 16.1. The fourth-order valence-corrected chi connectivity index (χ4v) is 1.75. The molecule has 0 aliphatic rings. The molecule has 5 N–H and O–H groups in total. The maximum absolute atomic E-state index is 11.8. The number of carbonyl (C=O) groups excluding carboxylic acids is 1. The van der Waals surface area contributed by atoms with Crippen molar-refractivity contribution in [2.45, 2.75) is 25.8 Å². The van der Waals surface area contributed by atoms with Crippen LogP contribution in [-0.2, 0) is 9.59 Å². The molecule has 0 spiro atoms. The quantitative estimate of drug-likeness (QED) is 0.525. The third kappa shape index (κ3) is 5.81. The summed E-state index contributed by atoms with van der Waals surface area (Å²) in [6.07, 6.45) is 0.553. The molecule has 1 amide bonds. The standard InChI is InChI=1S/C14H21N3O3/c1-10-4-2-5-11(8-10)17-13(18)9-12(14(19)20)16-7-3-6-15/h2,4-5,8,12,16H,3,6-7,9,15H2,1H3,(H,17,18)(H,19,20)/t12-/m0/s1. The van der Waals surface area contributed by atoms with Crippen LogP contribution in [0.15, 0.2) is 24.3 Å². The number of benzene rings is 1. The largest absolute Gasteiger partial charge is 0.480 e. The zero-order chi connectivity index (χ0) is 15.0. The summed E-state index contributed by atoms with van der Waals surface area (Å²) in [6.45, 7) is 2.88. The number of amides is 1. The monoisotopic (exact) mass is 279 g/mol. The lowest BCUT2D eigenvalue weighted by atomic mass is 10.1. The van der Waals surface area contributed by atoms with Gasteiger partial charge in [-0.05, 0) is 44.1 Å². The van der Waals surface area contributed by atoms with Crippen LogP contribution >= 0.6 is 0 Å². The molecule has 0 aliphatic carbocycles. The van der Waals surface area contributed by atoms with Crippen LogP contribution in [-0.4, -0.2) is 36.1 Å². The summed E-state index contributed by atoms with van der Waals surface area (Å²) >= 11 is 0. The van der Waals surface area contributed by atoms with E-state index >= 15 is 0 Å². The Hall–Kier alpha value is -1.92. The number of hydrogen-bond acceptors (Lipinski definition) is 4. The van der Waals surface area contributed by atoms with E-state index in [2.05, 4.69) is 10.6 Å². The number of anilines is 1. The van der Waals surface area contributed by atoms with Crippen molar-refractivity contribution in [2.24, 2.45) is 5.73 Å². The van der Waals surface area contributed by atoms with Crippen LogP contribution in [0.3, 0.4) is 0 Å². The minimum absolute atomic E-state index is 0.117. The maximum Gasteiger partial charge on any atom is 0.321 e. The summed E-state index contributed by atoms with van der Waals surface area (Å²) in [7, 11) is 0. The molecule has 0 fully saturated rings. The second-order valence-corrected chi connectivity index (χ2v) is 4.61. The molecule has 0 radical (unpaired) electrons. The van der Waals surface area contributed by atoms with E-state index in [9.17, 15) is 9.59 Å². The van der Waals surface area contributed by atoms with E-state index in [0.717, 1.165) is 5.56 Å². The molecule has 1 atom stereocenters. The number of carboxylic acids is 1. The van der Waals surface area contributed by atoms with Gasteiger partial charge in [0, 0.05) is 5.69 Å². The number of hydrogen-bond donors (Lipinski definition) is 4. The third-order valence-corrected chi connectivity index (χ3v) is 2.76. The molecule has 6 heteroatoms. The fourth-order valence-electron chi connectivity index (χ4n) is 1.75. The van der Waals surface area contributed by atoms with E-state index in [1.165, 1.54) is 0 Å². The normalized spacial score (nSPS) is 11.9. The molecule has 1 aromatic carbocycles. The van der Waals surface area contributed by atoms with Gasteiger partial charge in [0.05, 0.1) is 6.42 Å². The van der Waals surface area contributed by atoms with Gasteiger partial charge >= 0.3 is 5.97 Å². The molecule has 0 saturated heterocycles. The van der Waals surface area contributed by atoms with Crippen molar-refractivity contribution in [2.75, 3.05) is 18.4 Å². The molecule has 0 bridgehead atoms. The molecule has 6 nitrogen and oxygen atoms in total. The molecule has 1 rings (SSSR count). The number of nitrogens with one attached hydrogen (secondary N) is 2. The first-order chi connectivity index (χ1) is 9.52. The van der Waals surface area contributed by atoms with Crippen LogP contribution in [0.25, 0.3) is 0 Å². The van der Waals surface area contributed by atoms with Crippen LogP contribution < -0.4 is 16.4 Å². The van der Waals surface area contributed by atoms with Gasteiger partial charge in [0.1, 0.15) is 6.04 Å². The number of aryl methyl sites for hydroxylation is 1. The average Bonchev–Trinajstić information content (AvgIpc) is 2.37. The molecular weight excluding hydrogens is 258 g/mol. The Morgan fingerprint density at radius 2 is 2.15 bits per heavy atom. The molecule has 110 valence electrons. The van der Waals surface area contributed by atoms with Gasteiger partial charge in [-0.15, -0.1) is 0 Å². The zero-order valence-electron chi connectivity index (χ0n) is 11.6. The van der Waals surface area contributed by atoms with Crippen molar-refractivity contribution in [3.63, 3.8) is 0 Å². The zero-order valence-corrected chi connectivity index (χ0v) is 11.6. The molecule has 20 heavy (non-hydrogen) atoms. The molecule has 0 heterocycles. The number of aliphatic carboxylic acids is 1. The number of nitrogens with two attached hydrogens (primary N) is 1. The van der Waals surface area contributed by atoms with Gasteiger partial charge in [-0.25, -0.2) is 0 Å². The Kier molecular flexibility index (Phi) is 6.69. The number of rotatable bonds is 8. The number of carboxylic acid groups (broad SMARTS) is 1. The highest BCUT2D eigenvalue weighted by Crippen LogP contribution is 2.10. The predicted molar refractivity (Wildman–Crippen MR) is 77.5 cm³/mol. The van der Waals surface area contributed by atoms with Gasteiger partial charge in [-0.3, -0.25) is 9.59 Å². The molecule has 1 aromatic rings. The van der Waals surface area contributed by atoms with Crippen molar-refractivity contribution < 1.29 is 14.7 Å². The lowest BCUT2D eigenvalue weighted by Gasteiger charge is -2.14. The van der Waals surface area contributed by atoms with Gasteiger partial charge in [-0.1, -0.05) is 12.1 Å². The van der Waals surface area contributed by atoms with Crippen LogP contribution in [0, 0.1) is 6.92 Å². The van der Waals surface area contributed by atoms with E-state index in [1.807, 2.05) is 25.1 Å². The van der Waals surface area contributed by atoms with Crippen LogP contribution in [0.5, 0.6) is 0 Å². The lowest BCUT2D eigenvalue weighted by Crippen LogP contribution is -2.40. The van der Waals surface area contributed by atoms with Gasteiger partial charge in [0.25, 0.3) is 0 Å². The Balaban J connectivity index is 2.51. The van der Waals surface area contributed by atoms with Crippen LogP contribution in [0.1, 0.15) is 18.4 Å². The van der Waals surface area contributed by atoms with Crippen LogP contribution in [0.4, 0.5) is 5.69 Å². The minimum Gasteiger partial charge on any atom is -0.480 e. The van der Waals surface area contributed by atoms with Crippen molar-refractivity contribution in [3.05, 3.63) is 29.8 Å². The van der Waals surface area contributed by atoms with Crippen molar-refractivity contribution >= 4 is 17.6 Å². The summed E-state index contributed by atoms with van der Waals surface area (Å²) in [5, 5.41) is 14.6. The highest BCUT2D eigenvalue weighted by Gasteiger charge is 2.20. The van der Waals surface area contributed by atoms with E-state index in [0.29, 0.717) is 25.2 Å². The first-order valence-electron chi connectivity index (χ1n) is 6.55. The lowest BCUT2D eigenvalue weighted by molar-refractivity contribution is -0.141. The average molecular weight is 279 g/mol.